The lowest BCUT2D eigenvalue weighted by atomic mass is 10.0. The molecule has 0 N–H and O–H groups in total. The number of ether oxygens (including phenoxy) is 3. The summed E-state index contributed by atoms with van der Waals surface area (Å²) in [5.41, 5.74) is 0. The van der Waals surface area contributed by atoms with E-state index >= 15 is 0 Å². The number of esters is 3. The maximum atomic E-state index is 12.9. The number of rotatable bonds is 58. The fraction of sp³-hybridized carbons (Fsp3) is 0.862. The van der Waals surface area contributed by atoms with Crippen LogP contribution in [-0.2, 0) is 28.6 Å². The average Bonchev–Trinajstić information content (AvgIpc) is 3.37. The van der Waals surface area contributed by atoms with Crippen LogP contribution in [0.2, 0.25) is 0 Å². The standard InChI is InChI=1S/C65H120O6/c1-4-7-10-13-16-19-22-25-28-30-32-34-37-40-43-46-49-52-55-58-64(67)70-61-62(60-69-63(66)57-54-51-48-45-42-39-36-27-24-21-18-15-12-9-6-3)71-65(68)59-56-53-50-47-44-41-38-35-33-31-29-26-23-20-17-14-11-8-5-2/h9,12,18,21,27,36,62H,4-8,10-11,13-17,19-20,22-26,28-35,37-61H2,1-3H3/b12-9-,21-18-,36-27-/t62-/m1/s1. The minimum absolute atomic E-state index is 0.0722. The molecular formula is C65H120O6. The molecule has 0 aromatic carbocycles. The van der Waals surface area contributed by atoms with Gasteiger partial charge in [-0.2, -0.15) is 0 Å². The number of allylic oxidation sites excluding steroid dienone is 6. The van der Waals surface area contributed by atoms with E-state index in [4.69, 9.17) is 14.2 Å². The Balaban J connectivity index is 4.32. The fourth-order valence-corrected chi connectivity index (χ4v) is 9.46. The smallest absolute Gasteiger partial charge is 0.306 e. The van der Waals surface area contributed by atoms with Crippen molar-refractivity contribution in [1.29, 1.82) is 0 Å². The monoisotopic (exact) mass is 997 g/mol. The van der Waals surface area contributed by atoms with E-state index in [1.807, 2.05) is 0 Å². The van der Waals surface area contributed by atoms with E-state index in [1.165, 1.54) is 205 Å². The van der Waals surface area contributed by atoms with Gasteiger partial charge in [0.2, 0.25) is 0 Å². The van der Waals surface area contributed by atoms with Gasteiger partial charge >= 0.3 is 17.9 Å². The minimum atomic E-state index is -0.776. The van der Waals surface area contributed by atoms with Crippen LogP contribution in [0.25, 0.3) is 0 Å². The number of unbranched alkanes of at least 4 members (excludes halogenated alkanes) is 41. The molecular weight excluding hydrogens is 877 g/mol. The molecule has 0 saturated carbocycles. The normalized spacial score (nSPS) is 12.2. The minimum Gasteiger partial charge on any atom is -0.462 e. The molecule has 0 heterocycles. The molecule has 0 rings (SSSR count). The molecule has 0 fully saturated rings. The van der Waals surface area contributed by atoms with Crippen molar-refractivity contribution < 1.29 is 28.6 Å². The zero-order valence-electron chi connectivity index (χ0n) is 47.8. The molecule has 6 heteroatoms. The van der Waals surface area contributed by atoms with Gasteiger partial charge in [-0.05, 0) is 51.4 Å². The van der Waals surface area contributed by atoms with Crippen LogP contribution in [0, 0.1) is 0 Å². The average molecular weight is 998 g/mol. The summed E-state index contributed by atoms with van der Waals surface area (Å²) in [5.74, 6) is -0.864. The summed E-state index contributed by atoms with van der Waals surface area (Å²) >= 11 is 0. The molecule has 0 aliphatic heterocycles. The lowest BCUT2D eigenvalue weighted by Gasteiger charge is -2.18. The number of hydrogen-bond donors (Lipinski definition) is 0. The molecule has 0 aliphatic rings. The molecule has 71 heavy (non-hydrogen) atoms. The highest BCUT2D eigenvalue weighted by molar-refractivity contribution is 5.71. The molecule has 0 unspecified atom stereocenters. The molecule has 0 aliphatic carbocycles. The van der Waals surface area contributed by atoms with Crippen molar-refractivity contribution in [2.75, 3.05) is 13.2 Å². The van der Waals surface area contributed by atoms with Crippen molar-refractivity contribution in [3.05, 3.63) is 36.5 Å². The summed E-state index contributed by atoms with van der Waals surface area (Å²) in [4.78, 5) is 38.3. The van der Waals surface area contributed by atoms with Crippen LogP contribution >= 0.6 is 0 Å². The van der Waals surface area contributed by atoms with E-state index in [1.54, 1.807) is 0 Å². The van der Waals surface area contributed by atoms with Crippen molar-refractivity contribution in [3.63, 3.8) is 0 Å². The quantitative estimate of drug-likeness (QED) is 0.0261. The summed E-state index contributed by atoms with van der Waals surface area (Å²) in [6, 6.07) is 0. The first kappa shape index (κ1) is 68.6. The Labute approximate surface area is 442 Å². The van der Waals surface area contributed by atoms with E-state index in [-0.39, 0.29) is 31.1 Å². The molecule has 0 spiro atoms. The van der Waals surface area contributed by atoms with Gasteiger partial charge in [-0.25, -0.2) is 0 Å². The fourth-order valence-electron chi connectivity index (χ4n) is 9.46. The molecule has 0 aromatic rings. The third-order valence-electron chi connectivity index (χ3n) is 14.2. The predicted molar refractivity (Wildman–Crippen MR) is 307 cm³/mol. The van der Waals surface area contributed by atoms with Gasteiger partial charge in [0.15, 0.2) is 6.10 Å². The first-order valence-electron chi connectivity index (χ1n) is 31.5. The van der Waals surface area contributed by atoms with Crippen molar-refractivity contribution >= 4 is 17.9 Å². The van der Waals surface area contributed by atoms with Crippen molar-refractivity contribution in [3.8, 4) is 0 Å². The second-order valence-electron chi connectivity index (χ2n) is 21.3. The van der Waals surface area contributed by atoms with Gasteiger partial charge in [-0.1, -0.05) is 308 Å². The summed E-state index contributed by atoms with van der Waals surface area (Å²) in [6.45, 7) is 6.58. The van der Waals surface area contributed by atoms with E-state index in [0.717, 1.165) is 96.3 Å². The molecule has 0 amide bonds. The Hall–Kier alpha value is -2.37. The number of carbonyl (C=O) groups excluding carboxylic acids is 3. The van der Waals surface area contributed by atoms with E-state index in [9.17, 15) is 14.4 Å². The van der Waals surface area contributed by atoms with Crippen LogP contribution in [0.5, 0.6) is 0 Å². The topological polar surface area (TPSA) is 78.9 Å². The van der Waals surface area contributed by atoms with E-state index in [0.29, 0.717) is 19.3 Å². The van der Waals surface area contributed by atoms with Crippen molar-refractivity contribution in [2.45, 2.75) is 348 Å². The van der Waals surface area contributed by atoms with Gasteiger partial charge in [-0.15, -0.1) is 0 Å². The molecule has 6 nitrogen and oxygen atoms in total. The predicted octanol–water partition coefficient (Wildman–Crippen LogP) is 21.2. The van der Waals surface area contributed by atoms with Crippen LogP contribution in [-0.4, -0.2) is 37.2 Å². The van der Waals surface area contributed by atoms with Crippen molar-refractivity contribution in [2.24, 2.45) is 0 Å². The van der Waals surface area contributed by atoms with Crippen LogP contribution in [0.4, 0.5) is 0 Å². The maximum Gasteiger partial charge on any atom is 0.306 e. The van der Waals surface area contributed by atoms with E-state index < -0.39 is 6.10 Å². The van der Waals surface area contributed by atoms with Gasteiger partial charge in [0, 0.05) is 19.3 Å². The third-order valence-corrected chi connectivity index (χ3v) is 14.2. The summed E-state index contributed by atoms with van der Waals surface area (Å²) < 4.78 is 16.9. The Morgan fingerprint density at radius 1 is 0.296 bits per heavy atom. The maximum absolute atomic E-state index is 12.9. The summed E-state index contributed by atoms with van der Waals surface area (Å²) in [7, 11) is 0. The lowest BCUT2D eigenvalue weighted by Crippen LogP contribution is -2.30. The molecule has 0 bridgehead atoms. The Morgan fingerprint density at radius 3 is 0.859 bits per heavy atom. The van der Waals surface area contributed by atoms with Gasteiger partial charge in [0.25, 0.3) is 0 Å². The summed E-state index contributed by atoms with van der Waals surface area (Å²) in [5, 5.41) is 0. The zero-order chi connectivity index (χ0) is 51.4. The molecule has 0 radical (unpaired) electrons. The van der Waals surface area contributed by atoms with Gasteiger partial charge in [-0.3, -0.25) is 14.4 Å². The number of hydrogen-bond acceptors (Lipinski definition) is 6. The molecule has 0 saturated heterocycles. The molecule has 1 atom stereocenters. The Kier molecular flexibility index (Phi) is 58.2. The second kappa shape index (κ2) is 60.2. The Morgan fingerprint density at radius 2 is 0.549 bits per heavy atom. The zero-order valence-corrected chi connectivity index (χ0v) is 47.8. The van der Waals surface area contributed by atoms with Crippen LogP contribution in [0.15, 0.2) is 36.5 Å². The molecule has 416 valence electrons. The first-order valence-corrected chi connectivity index (χ1v) is 31.5. The molecule has 0 aromatic heterocycles. The number of carbonyl (C=O) groups is 3. The van der Waals surface area contributed by atoms with E-state index in [2.05, 4.69) is 57.2 Å². The van der Waals surface area contributed by atoms with Gasteiger partial charge in [0.1, 0.15) is 13.2 Å². The van der Waals surface area contributed by atoms with Crippen LogP contribution in [0.1, 0.15) is 342 Å². The first-order chi connectivity index (χ1) is 35.0. The SMILES string of the molecule is CC/C=C\C/C=C\C/C=C\CCCCCCCC(=O)OC[C@H](COC(=O)CCCCCCCCCCCCCCCCCCCCC)OC(=O)CCCCCCCCCCCCCCCCCCCCC. The van der Waals surface area contributed by atoms with Gasteiger partial charge in [0.05, 0.1) is 0 Å². The third kappa shape index (κ3) is 58.4. The highest BCUT2D eigenvalue weighted by Crippen LogP contribution is 2.18. The Bertz CT molecular complexity index is 1190. The highest BCUT2D eigenvalue weighted by atomic mass is 16.6. The van der Waals surface area contributed by atoms with Crippen LogP contribution in [0.3, 0.4) is 0 Å². The largest absolute Gasteiger partial charge is 0.462 e. The van der Waals surface area contributed by atoms with Gasteiger partial charge < -0.3 is 14.2 Å². The highest BCUT2D eigenvalue weighted by Gasteiger charge is 2.19. The summed E-state index contributed by atoms with van der Waals surface area (Å²) in [6.07, 6.45) is 72.9. The second-order valence-corrected chi connectivity index (χ2v) is 21.3. The van der Waals surface area contributed by atoms with Crippen LogP contribution < -0.4 is 0 Å². The van der Waals surface area contributed by atoms with Crippen molar-refractivity contribution in [1.82, 2.24) is 0 Å². The lowest BCUT2D eigenvalue weighted by molar-refractivity contribution is -0.167.